The van der Waals surface area contributed by atoms with E-state index in [1.54, 1.807) is 0 Å². The van der Waals surface area contributed by atoms with Crippen LogP contribution in [0.25, 0.3) is 0 Å². The summed E-state index contributed by atoms with van der Waals surface area (Å²) in [7, 11) is 1.43. The van der Waals surface area contributed by atoms with Gasteiger partial charge in [-0.25, -0.2) is 8.42 Å². The Morgan fingerprint density at radius 2 is 2.06 bits per heavy atom. The fourth-order valence-electron chi connectivity index (χ4n) is 1.42. The van der Waals surface area contributed by atoms with E-state index in [0.29, 0.717) is 12.0 Å². The Labute approximate surface area is 104 Å². The van der Waals surface area contributed by atoms with E-state index in [-0.39, 0.29) is 16.3 Å². The molecule has 0 aliphatic carbocycles. The Balaban J connectivity index is 3.58. The van der Waals surface area contributed by atoms with Crippen LogP contribution in [0.3, 0.4) is 0 Å². The van der Waals surface area contributed by atoms with Crippen molar-refractivity contribution in [3.63, 3.8) is 0 Å². The molecule has 6 heteroatoms. The van der Waals surface area contributed by atoms with Gasteiger partial charge in [-0.2, -0.15) is 5.26 Å². The van der Waals surface area contributed by atoms with Gasteiger partial charge in [0.2, 0.25) is 0 Å². The van der Waals surface area contributed by atoms with Crippen molar-refractivity contribution in [1.29, 1.82) is 5.26 Å². The maximum absolute atomic E-state index is 11.2. The highest BCUT2D eigenvalue weighted by molar-refractivity contribution is 8.13. The Kier molecular flexibility index (Phi) is 4.20. The third kappa shape index (κ3) is 2.67. The molecule has 0 aliphatic rings. The Morgan fingerprint density at radius 1 is 1.44 bits per heavy atom. The van der Waals surface area contributed by atoms with Gasteiger partial charge < -0.3 is 0 Å². The van der Waals surface area contributed by atoms with Crippen LogP contribution in [0.4, 0.5) is 0 Å². The van der Waals surface area contributed by atoms with Crippen molar-refractivity contribution in [2.75, 3.05) is 0 Å². The van der Waals surface area contributed by atoms with Gasteiger partial charge in [0, 0.05) is 16.6 Å². The van der Waals surface area contributed by atoms with Crippen molar-refractivity contribution >= 4 is 31.3 Å². The molecule has 0 radical (unpaired) electrons. The summed E-state index contributed by atoms with van der Waals surface area (Å²) in [6.07, 6.45) is 0.594. The lowest BCUT2D eigenvalue weighted by atomic mass is 10.0. The Morgan fingerprint density at radius 3 is 2.44 bits per heavy atom. The van der Waals surface area contributed by atoms with Crippen molar-refractivity contribution in [2.24, 2.45) is 0 Å². The predicted octanol–water partition coefficient (Wildman–Crippen LogP) is 2.79. The Hall–Kier alpha value is -0.760. The second-order valence-corrected chi connectivity index (χ2v) is 5.98. The van der Waals surface area contributed by atoms with E-state index >= 15 is 0 Å². The lowest BCUT2D eigenvalue weighted by Gasteiger charge is -2.08. The molecule has 0 bridgehead atoms. The molecule has 1 aromatic rings. The van der Waals surface area contributed by atoms with E-state index < -0.39 is 9.05 Å². The number of halogens is 2. The summed E-state index contributed by atoms with van der Waals surface area (Å²) >= 11 is 5.73. The van der Waals surface area contributed by atoms with Gasteiger partial charge in [-0.05, 0) is 29.7 Å². The fourth-order valence-corrected chi connectivity index (χ4v) is 2.54. The predicted molar refractivity (Wildman–Crippen MR) is 63.1 cm³/mol. The first-order valence-electron chi connectivity index (χ1n) is 4.50. The van der Waals surface area contributed by atoms with Crippen LogP contribution in [0.5, 0.6) is 0 Å². The number of nitriles is 1. The average Bonchev–Trinajstić information content (AvgIpc) is 2.25. The van der Waals surface area contributed by atoms with Crippen LogP contribution in [0.1, 0.15) is 23.6 Å². The zero-order valence-corrected chi connectivity index (χ0v) is 10.8. The van der Waals surface area contributed by atoms with Crippen LogP contribution >= 0.6 is 22.3 Å². The molecule has 86 valence electrons. The minimum atomic E-state index is -3.81. The number of alkyl halides is 1. The van der Waals surface area contributed by atoms with Crippen molar-refractivity contribution in [2.45, 2.75) is 24.1 Å². The summed E-state index contributed by atoms with van der Waals surface area (Å²) in [4.78, 5) is -0.0589. The molecular formula is C10H9Cl2NO2S. The fraction of sp³-hybridized carbons (Fsp3) is 0.300. The number of benzene rings is 1. The maximum atomic E-state index is 11.2. The molecule has 0 aliphatic heterocycles. The van der Waals surface area contributed by atoms with Crippen LogP contribution in [0.15, 0.2) is 17.0 Å². The molecule has 1 aromatic carbocycles. The number of hydrogen-bond acceptors (Lipinski definition) is 3. The molecule has 0 spiro atoms. The number of rotatable bonds is 3. The first kappa shape index (κ1) is 13.3. The molecule has 0 saturated heterocycles. The van der Waals surface area contributed by atoms with E-state index in [9.17, 15) is 8.42 Å². The molecule has 0 fully saturated rings. The van der Waals surface area contributed by atoms with Crippen molar-refractivity contribution in [3.8, 4) is 6.07 Å². The first-order chi connectivity index (χ1) is 7.43. The third-order valence-corrected chi connectivity index (χ3v) is 3.83. The van der Waals surface area contributed by atoms with Gasteiger partial charge in [-0.1, -0.05) is 6.92 Å². The van der Waals surface area contributed by atoms with Gasteiger partial charge in [-0.15, -0.1) is 11.6 Å². The molecule has 0 heterocycles. The molecule has 0 amide bonds. The summed E-state index contributed by atoms with van der Waals surface area (Å²) in [6.45, 7) is 1.86. The molecule has 0 atom stereocenters. The van der Waals surface area contributed by atoms with Crippen LogP contribution < -0.4 is 0 Å². The molecule has 1 rings (SSSR count). The van der Waals surface area contributed by atoms with Gasteiger partial charge in [0.25, 0.3) is 9.05 Å². The minimum Gasteiger partial charge on any atom is -0.207 e. The third-order valence-electron chi connectivity index (χ3n) is 2.23. The zero-order chi connectivity index (χ0) is 12.3. The average molecular weight is 278 g/mol. The summed E-state index contributed by atoms with van der Waals surface area (Å²) in [5, 5.41) is 8.91. The van der Waals surface area contributed by atoms with E-state index in [1.807, 2.05) is 13.0 Å². The van der Waals surface area contributed by atoms with Crippen molar-refractivity contribution in [1.82, 2.24) is 0 Å². The minimum absolute atomic E-state index is 0.0589. The highest BCUT2D eigenvalue weighted by Crippen LogP contribution is 2.24. The van der Waals surface area contributed by atoms with Crippen molar-refractivity contribution in [3.05, 3.63) is 28.8 Å². The van der Waals surface area contributed by atoms with Gasteiger partial charge in [0.05, 0.1) is 16.5 Å². The smallest absolute Gasteiger partial charge is 0.207 e. The second kappa shape index (κ2) is 5.05. The standard InChI is InChI=1S/C10H9Cl2NO2S/c1-2-7-3-9(16(12,14)15)4-8(6-13)10(7)5-11/h3-4H,2,5H2,1H3. The molecule has 16 heavy (non-hydrogen) atoms. The SMILES string of the molecule is CCc1cc(S(=O)(=O)Cl)cc(C#N)c1CCl. The molecule has 0 aromatic heterocycles. The van der Waals surface area contributed by atoms with Gasteiger partial charge >= 0.3 is 0 Å². The second-order valence-electron chi connectivity index (χ2n) is 3.15. The van der Waals surface area contributed by atoms with Crippen molar-refractivity contribution < 1.29 is 8.42 Å². The summed E-state index contributed by atoms with van der Waals surface area (Å²) in [6, 6.07) is 4.63. The highest BCUT2D eigenvalue weighted by Gasteiger charge is 2.16. The lowest BCUT2D eigenvalue weighted by Crippen LogP contribution is -2.00. The normalized spacial score (nSPS) is 11.1. The van der Waals surface area contributed by atoms with Crippen LogP contribution in [-0.2, 0) is 21.4 Å². The largest absolute Gasteiger partial charge is 0.261 e. The first-order valence-corrected chi connectivity index (χ1v) is 7.35. The summed E-state index contributed by atoms with van der Waals surface area (Å²) in [5.74, 6) is 0.175. The van der Waals surface area contributed by atoms with E-state index in [4.69, 9.17) is 27.5 Å². The number of hydrogen-bond donors (Lipinski definition) is 0. The van der Waals surface area contributed by atoms with Crippen LogP contribution in [0, 0.1) is 11.3 Å². The molecule has 0 unspecified atom stereocenters. The van der Waals surface area contributed by atoms with Gasteiger partial charge in [0.15, 0.2) is 0 Å². The summed E-state index contributed by atoms with van der Waals surface area (Å²) in [5.41, 5.74) is 1.65. The van der Waals surface area contributed by atoms with Crippen LogP contribution in [-0.4, -0.2) is 8.42 Å². The molecular weight excluding hydrogens is 269 g/mol. The van der Waals surface area contributed by atoms with E-state index in [2.05, 4.69) is 0 Å². The zero-order valence-electron chi connectivity index (χ0n) is 8.50. The monoisotopic (exact) mass is 277 g/mol. The summed E-state index contributed by atoms with van der Waals surface area (Å²) < 4.78 is 22.4. The van der Waals surface area contributed by atoms with E-state index in [1.165, 1.54) is 12.1 Å². The van der Waals surface area contributed by atoms with Gasteiger partial charge in [-0.3, -0.25) is 0 Å². The maximum Gasteiger partial charge on any atom is 0.261 e. The molecule has 3 nitrogen and oxygen atoms in total. The Bertz CT molecular complexity index is 547. The van der Waals surface area contributed by atoms with E-state index in [0.717, 1.165) is 5.56 Å². The number of nitrogens with zero attached hydrogens (tertiary/aromatic N) is 1. The topological polar surface area (TPSA) is 57.9 Å². The quantitative estimate of drug-likeness (QED) is 0.631. The molecule has 0 N–H and O–H groups in total. The van der Waals surface area contributed by atoms with Crippen LogP contribution in [0.2, 0.25) is 0 Å². The van der Waals surface area contributed by atoms with Gasteiger partial charge in [0.1, 0.15) is 0 Å². The highest BCUT2D eigenvalue weighted by atomic mass is 35.7. The molecule has 0 saturated carbocycles. The lowest BCUT2D eigenvalue weighted by molar-refractivity contribution is 0.609. The number of aryl methyl sites for hydroxylation is 1.